The normalized spacial score (nSPS) is 19.6. The summed E-state index contributed by atoms with van der Waals surface area (Å²) in [6.07, 6.45) is 3.31. The van der Waals surface area contributed by atoms with Crippen molar-refractivity contribution in [3.8, 4) is 0 Å². The van der Waals surface area contributed by atoms with E-state index in [4.69, 9.17) is 9.73 Å². The molecule has 0 unspecified atom stereocenters. The topological polar surface area (TPSA) is 85.8 Å². The van der Waals surface area contributed by atoms with Crippen molar-refractivity contribution < 1.29 is 9.53 Å². The molecule has 0 aliphatic carbocycles. The molecule has 3 aliphatic heterocycles. The van der Waals surface area contributed by atoms with Gasteiger partial charge in [0.2, 0.25) is 0 Å². The Labute approximate surface area is 185 Å². The lowest BCUT2D eigenvalue weighted by Crippen LogP contribution is -2.37. The van der Waals surface area contributed by atoms with Crippen molar-refractivity contribution in [2.24, 2.45) is 4.99 Å². The van der Waals surface area contributed by atoms with Crippen LogP contribution in [0.2, 0.25) is 0 Å². The third kappa shape index (κ3) is 3.47. The molecule has 2 aromatic carbocycles. The van der Waals surface area contributed by atoms with E-state index in [-0.39, 0.29) is 5.78 Å². The smallest absolute Gasteiger partial charge is 0.189 e. The van der Waals surface area contributed by atoms with Gasteiger partial charge in [0.05, 0.1) is 42.8 Å². The van der Waals surface area contributed by atoms with Crippen molar-refractivity contribution >= 4 is 28.3 Å². The van der Waals surface area contributed by atoms with E-state index in [2.05, 4.69) is 43.3 Å². The van der Waals surface area contributed by atoms with Gasteiger partial charge in [-0.15, -0.1) is 0 Å². The fourth-order valence-electron chi connectivity index (χ4n) is 4.53. The molecule has 1 fully saturated rings. The standard InChI is InChI=1S/C24H24N6O2/c31-22(17-2-4-19-21(12-17)27-15-26-19)13-23-28-20-11-16(14-29-7-9-32-10-8-29)1-3-18(20)24-25-5-6-30(23)24/h1-4,11-13,15,28H,5-10,14H2,(H,26,27)/b23-13+. The summed E-state index contributed by atoms with van der Waals surface area (Å²) in [4.78, 5) is 29.6. The van der Waals surface area contributed by atoms with E-state index in [0.29, 0.717) is 5.56 Å². The van der Waals surface area contributed by atoms with Crippen molar-refractivity contribution in [1.82, 2.24) is 19.8 Å². The van der Waals surface area contributed by atoms with Crippen LogP contribution in [-0.4, -0.2) is 70.8 Å². The Morgan fingerprint density at radius 2 is 2.03 bits per heavy atom. The molecule has 32 heavy (non-hydrogen) atoms. The summed E-state index contributed by atoms with van der Waals surface area (Å²) in [7, 11) is 0. The lowest BCUT2D eigenvalue weighted by atomic mass is 10.0. The zero-order valence-corrected chi connectivity index (χ0v) is 17.7. The Balaban J connectivity index is 1.30. The number of fused-ring (bicyclic) bond motifs is 4. The number of hydrogen-bond donors (Lipinski definition) is 2. The third-order valence-electron chi connectivity index (χ3n) is 6.20. The molecule has 8 heteroatoms. The average Bonchev–Trinajstić information content (AvgIpc) is 3.49. The predicted molar refractivity (Wildman–Crippen MR) is 123 cm³/mol. The summed E-state index contributed by atoms with van der Waals surface area (Å²) in [5, 5.41) is 3.50. The van der Waals surface area contributed by atoms with Crippen LogP contribution < -0.4 is 5.32 Å². The number of carbonyl (C=O) groups excluding carboxylic acids is 1. The SMILES string of the molecule is O=C(/C=C1\Nc2cc(CN3CCOCC3)ccc2C2=NCCN21)c1ccc2nc[nH]c2c1. The molecule has 6 rings (SSSR count). The molecule has 4 heterocycles. The highest BCUT2D eigenvalue weighted by Gasteiger charge is 2.30. The minimum absolute atomic E-state index is 0.0526. The molecule has 0 bridgehead atoms. The number of morpholine rings is 1. The molecular weight excluding hydrogens is 404 g/mol. The number of aliphatic imine (C=N–C) groups is 1. The molecule has 0 atom stereocenters. The number of aromatic nitrogens is 2. The van der Waals surface area contributed by atoms with Crippen LogP contribution in [0.1, 0.15) is 21.5 Å². The molecule has 3 aliphatic rings. The highest BCUT2D eigenvalue weighted by molar-refractivity contribution is 6.11. The number of H-pyrrole nitrogens is 1. The monoisotopic (exact) mass is 428 g/mol. The molecule has 2 N–H and O–H groups in total. The fraction of sp³-hybridized carbons (Fsp3) is 0.292. The number of nitrogens with one attached hydrogen (secondary N) is 2. The number of aromatic amines is 1. The molecule has 3 aromatic rings. The molecule has 0 amide bonds. The van der Waals surface area contributed by atoms with Crippen molar-refractivity contribution in [2.45, 2.75) is 6.54 Å². The van der Waals surface area contributed by atoms with Gasteiger partial charge in [0, 0.05) is 43.4 Å². The van der Waals surface area contributed by atoms with Crippen molar-refractivity contribution in [1.29, 1.82) is 0 Å². The number of benzene rings is 2. The van der Waals surface area contributed by atoms with Crippen LogP contribution in [0.4, 0.5) is 5.69 Å². The first-order valence-electron chi connectivity index (χ1n) is 11.0. The molecular formula is C24H24N6O2. The highest BCUT2D eigenvalue weighted by atomic mass is 16.5. The Hall–Kier alpha value is -3.49. The number of carbonyl (C=O) groups is 1. The molecule has 0 radical (unpaired) electrons. The van der Waals surface area contributed by atoms with Crippen molar-refractivity contribution in [3.05, 3.63) is 71.3 Å². The van der Waals surface area contributed by atoms with Crippen LogP contribution >= 0.6 is 0 Å². The van der Waals surface area contributed by atoms with Gasteiger partial charge in [-0.3, -0.25) is 14.7 Å². The minimum Gasteiger partial charge on any atom is -0.379 e. The van der Waals surface area contributed by atoms with E-state index in [0.717, 1.165) is 79.9 Å². The van der Waals surface area contributed by atoms with Gasteiger partial charge in [0.15, 0.2) is 5.78 Å². The number of rotatable bonds is 4. The maximum atomic E-state index is 13.1. The Bertz CT molecular complexity index is 1250. The summed E-state index contributed by atoms with van der Waals surface area (Å²) in [5.41, 5.74) is 5.64. The number of amidine groups is 1. The van der Waals surface area contributed by atoms with Gasteiger partial charge in [-0.25, -0.2) is 4.98 Å². The van der Waals surface area contributed by atoms with Gasteiger partial charge < -0.3 is 19.9 Å². The van der Waals surface area contributed by atoms with E-state index in [1.54, 1.807) is 12.4 Å². The lowest BCUT2D eigenvalue weighted by Gasteiger charge is -2.32. The van der Waals surface area contributed by atoms with E-state index in [9.17, 15) is 4.79 Å². The number of ketones is 1. The summed E-state index contributed by atoms with van der Waals surface area (Å²) in [6, 6.07) is 12.0. The Morgan fingerprint density at radius 3 is 2.94 bits per heavy atom. The maximum absolute atomic E-state index is 13.1. The van der Waals surface area contributed by atoms with Crippen LogP contribution in [0.5, 0.6) is 0 Å². The van der Waals surface area contributed by atoms with E-state index in [1.807, 2.05) is 18.2 Å². The van der Waals surface area contributed by atoms with Crippen LogP contribution in [0.25, 0.3) is 11.0 Å². The fourth-order valence-corrected chi connectivity index (χ4v) is 4.53. The van der Waals surface area contributed by atoms with Gasteiger partial charge in [0.25, 0.3) is 0 Å². The van der Waals surface area contributed by atoms with Crippen LogP contribution in [-0.2, 0) is 11.3 Å². The van der Waals surface area contributed by atoms with Gasteiger partial charge >= 0.3 is 0 Å². The molecule has 162 valence electrons. The van der Waals surface area contributed by atoms with Crippen LogP contribution in [0.3, 0.4) is 0 Å². The zero-order valence-electron chi connectivity index (χ0n) is 17.7. The van der Waals surface area contributed by atoms with Gasteiger partial charge in [-0.1, -0.05) is 6.07 Å². The lowest BCUT2D eigenvalue weighted by molar-refractivity contribution is 0.0342. The highest BCUT2D eigenvalue weighted by Crippen LogP contribution is 2.31. The summed E-state index contributed by atoms with van der Waals surface area (Å²) in [5.74, 6) is 1.65. The van der Waals surface area contributed by atoms with Crippen LogP contribution in [0, 0.1) is 0 Å². The zero-order chi connectivity index (χ0) is 21.5. The molecule has 0 saturated carbocycles. The van der Waals surface area contributed by atoms with Crippen LogP contribution in [0.15, 0.2) is 59.6 Å². The molecule has 1 saturated heterocycles. The minimum atomic E-state index is -0.0526. The number of hydrogen-bond acceptors (Lipinski definition) is 7. The molecule has 0 spiro atoms. The van der Waals surface area contributed by atoms with E-state index in [1.165, 1.54) is 5.56 Å². The number of allylic oxidation sites excluding steroid dienone is 1. The molecule has 8 nitrogen and oxygen atoms in total. The van der Waals surface area contributed by atoms with Gasteiger partial charge in [0.1, 0.15) is 11.7 Å². The van der Waals surface area contributed by atoms with E-state index < -0.39 is 0 Å². The largest absolute Gasteiger partial charge is 0.379 e. The first-order valence-corrected chi connectivity index (χ1v) is 11.0. The number of imidazole rings is 1. The first kappa shape index (κ1) is 19.2. The predicted octanol–water partition coefficient (Wildman–Crippen LogP) is 2.61. The maximum Gasteiger partial charge on any atom is 0.189 e. The number of anilines is 1. The van der Waals surface area contributed by atoms with Crippen molar-refractivity contribution in [3.63, 3.8) is 0 Å². The van der Waals surface area contributed by atoms with Crippen molar-refractivity contribution in [2.75, 3.05) is 44.7 Å². The number of nitrogens with zero attached hydrogens (tertiary/aromatic N) is 4. The molecule has 1 aromatic heterocycles. The summed E-state index contributed by atoms with van der Waals surface area (Å²) >= 11 is 0. The third-order valence-corrected chi connectivity index (χ3v) is 6.20. The second-order valence-corrected chi connectivity index (χ2v) is 8.28. The second-order valence-electron chi connectivity index (χ2n) is 8.28. The average molecular weight is 428 g/mol. The first-order chi connectivity index (χ1) is 15.7. The quantitative estimate of drug-likeness (QED) is 0.491. The second kappa shape index (κ2) is 7.89. The van der Waals surface area contributed by atoms with E-state index >= 15 is 0 Å². The Kier molecular flexibility index (Phi) is 4.74. The number of ether oxygens (including phenoxy) is 1. The van der Waals surface area contributed by atoms with Gasteiger partial charge in [-0.2, -0.15) is 0 Å². The summed E-state index contributed by atoms with van der Waals surface area (Å²) < 4.78 is 5.46. The van der Waals surface area contributed by atoms with Gasteiger partial charge in [-0.05, 0) is 35.9 Å². The summed E-state index contributed by atoms with van der Waals surface area (Å²) in [6.45, 7) is 5.84. The Morgan fingerprint density at radius 1 is 1.12 bits per heavy atom.